The Morgan fingerprint density at radius 1 is 0.562 bits per heavy atom. The molecule has 0 rings (SSSR count). The van der Waals surface area contributed by atoms with Crippen molar-refractivity contribution >= 4 is 17.9 Å². The number of quaternary nitrogens is 1. The average molecular weight is 457 g/mol. The lowest BCUT2D eigenvalue weighted by molar-refractivity contribution is -0.907. The van der Waals surface area contributed by atoms with Crippen LogP contribution in [-0.2, 0) is 14.4 Å². The number of nitrogens with zero attached hydrogens (tertiary/aromatic N) is 1. The molecule has 0 fully saturated rings. The van der Waals surface area contributed by atoms with Crippen molar-refractivity contribution in [2.24, 2.45) is 0 Å². The minimum absolute atomic E-state index is 0.264. The summed E-state index contributed by atoms with van der Waals surface area (Å²) in [5, 5.41) is 27.3. The lowest BCUT2D eigenvalue weighted by Gasteiger charge is -2.34. The molecule has 0 aromatic rings. The van der Waals surface area contributed by atoms with Gasteiger partial charge in [0.2, 0.25) is 0 Å². The van der Waals surface area contributed by atoms with E-state index in [1.165, 1.54) is 64.2 Å². The van der Waals surface area contributed by atoms with Gasteiger partial charge in [-0.1, -0.05) is 83.3 Å². The number of hydrogen-bond acceptors (Lipinski definition) is 3. The molecule has 0 unspecified atom stereocenters. The number of carboxylic acid groups (broad SMARTS) is 3. The molecular formula is C25H46NO6+. The van der Waals surface area contributed by atoms with Crippen molar-refractivity contribution in [3.8, 4) is 0 Å². The third-order valence-electron chi connectivity index (χ3n) is 5.82. The second-order valence-electron chi connectivity index (χ2n) is 8.99. The number of allylic oxidation sites excluding steroid dienone is 2. The number of hydrogen-bond donors (Lipinski definition) is 3. The normalized spacial score (nSPS) is 11.8. The minimum Gasteiger partial charge on any atom is -0.477 e. The SMILES string of the molecule is CC/C=C/CCCCCCCCCCCCCCC[N+](CC(=O)O)(CC(=O)O)CC(=O)O. The van der Waals surface area contributed by atoms with E-state index in [9.17, 15) is 14.4 Å². The van der Waals surface area contributed by atoms with Gasteiger partial charge in [0.05, 0.1) is 6.54 Å². The van der Waals surface area contributed by atoms with Gasteiger partial charge in [-0.25, -0.2) is 14.4 Å². The van der Waals surface area contributed by atoms with E-state index in [-0.39, 0.29) is 6.54 Å². The molecule has 0 aliphatic heterocycles. The molecule has 32 heavy (non-hydrogen) atoms. The highest BCUT2D eigenvalue weighted by molar-refractivity contribution is 5.73. The van der Waals surface area contributed by atoms with Crippen LogP contribution < -0.4 is 0 Å². The summed E-state index contributed by atoms with van der Waals surface area (Å²) in [7, 11) is 0. The maximum atomic E-state index is 11.2. The van der Waals surface area contributed by atoms with Crippen molar-refractivity contribution in [2.75, 3.05) is 26.2 Å². The first-order chi connectivity index (χ1) is 15.3. The number of aliphatic carboxylic acids is 3. The summed E-state index contributed by atoms with van der Waals surface area (Å²) in [4.78, 5) is 33.5. The third kappa shape index (κ3) is 18.8. The molecule has 0 saturated heterocycles. The van der Waals surface area contributed by atoms with E-state index in [0.29, 0.717) is 6.42 Å². The van der Waals surface area contributed by atoms with Crippen LogP contribution in [0.2, 0.25) is 0 Å². The van der Waals surface area contributed by atoms with Crippen molar-refractivity contribution in [3.63, 3.8) is 0 Å². The van der Waals surface area contributed by atoms with Gasteiger partial charge in [-0.3, -0.25) is 4.48 Å². The van der Waals surface area contributed by atoms with E-state index in [1.54, 1.807) is 0 Å². The topological polar surface area (TPSA) is 112 Å². The van der Waals surface area contributed by atoms with Crippen LogP contribution in [0.25, 0.3) is 0 Å². The van der Waals surface area contributed by atoms with Gasteiger partial charge in [0.1, 0.15) is 0 Å². The third-order valence-corrected chi connectivity index (χ3v) is 5.82. The molecule has 0 saturated carbocycles. The summed E-state index contributed by atoms with van der Waals surface area (Å²) in [6.07, 6.45) is 22.1. The van der Waals surface area contributed by atoms with Crippen LogP contribution in [0.4, 0.5) is 0 Å². The molecule has 0 aliphatic carbocycles. The lowest BCUT2D eigenvalue weighted by atomic mass is 10.0. The highest BCUT2D eigenvalue weighted by atomic mass is 16.4. The molecule has 7 heteroatoms. The Labute approximate surface area is 194 Å². The predicted molar refractivity (Wildman–Crippen MR) is 127 cm³/mol. The molecule has 0 atom stereocenters. The van der Waals surface area contributed by atoms with Crippen molar-refractivity contribution in [1.82, 2.24) is 0 Å². The Morgan fingerprint density at radius 2 is 0.906 bits per heavy atom. The van der Waals surface area contributed by atoms with Crippen LogP contribution in [0, 0.1) is 0 Å². The van der Waals surface area contributed by atoms with E-state index in [1.807, 2.05) is 0 Å². The van der Waals surface area contributed by atoms with Gasteiger partial charge in [0.25, 0.3) is 0 Å². The summed E-state index contributed by atoms with van der Waals surface area (Å²) in [6.45, 7) is 0.996. The van der Waals surface area contributed by atoms with Crippen LogP contribution in [0.15, 0.2) is 12.2 Å². The van der Waals surface area contributed by atoms with Gasteiger partial charge in [0, 0.05) is 0 Å². The summed E-state index contributed by atoms with van der Waals surface area (Å²) in [6, 6.07) is 0. The van der Waals surface area contributed by atoms with Gasteiger partial charge >= 0.3 is 17.9 Å². The fourth-order valence-corrected chi connectivity index (χ4v) is 4.20. The van der Waals surface area contributed by atoms with Crippen LogP contribution in [0.1, 0.15) is 103 Å². The van der Waals surface area contributed by atoms with Crippen LogP contribution in [0.5, 0.6) is 0 Å². The van der Waals surface area contributed by atoms with Crippen LogP contribution >= 0.6 is 0 Å². The monoisotopic (exact) mass is 456 g/mol. The molecule has 0 aromatic carbocycles. The Morgan fingerprint density at radius 3 is 1.25 bits per heavy atom. The van der Waals surface area contributed by atoms with E-state index in [2.05, 4.69) is 19.1 Å². The molecule has 0 aromatic heterocycles. The zero-order valence-electron chi connectivity index (χ0n) is 20.1. The summed E-state index contributed by atoms with van der Waals surface area (Å²) >= 11 is 0. The van der Waals surface area contributed by atoms with Gasteiger partial charge < -0.3 is 15.3 Å². The molecule has 3 N–H and O–H groups in total. The highest BCUT2D eigenvalue weighted by Crippen LogP contribution is 2.15. The quantitative estimate of drug-likeness (QED) is 0.107. The van der Waals surface area contributed by atoms with E-state index in [0.717, 1.165) is 25.7 Å². The molecule has 0 spiro atoms. The van der Waals surface area contributed by atoms with E-state index < -0.39 is 42.0 Å². The van der Waals surface area contributed by atoms with Crippen molar-refractivity contribution < 1.29 is 34.2 Å². The smallest absolute Gasteiger partial charge is 0.359 e. The molecule has 0 radical (unpaired) electrons. The maximum absolute atomic E-state index is 11.2. The maximum Gasteiger partial charge on any atom is 0.359 e. The second kappa shape index (κ2) is 19.8. The van der Waals surface area contributed by atoms with Crippen molar-refractivity contribution in [3.05, 3.63) is 12.2 Å². The summed E-state index contributed by atoms with van der Waals surface area (Å²) in [5.74, 6) is -3.51. The standard InChI is InChI=1S/C25H45NO6/c1-2-3-4-5-6-7-8-9-10-11-12-13-14-15-16-17-18-19-26(20-23(27)28,21-24(29)30)22-25(31)32/h3-4H,2,5-22H2,1H3,(H2-,27,28,29,30,31,32)/p+1/b4-3+. The molecule has 186 valence electrons. The molecular weight excluding hydrogens is 410 g/mol. The molecule has 0 aliphatic rings. The molecule has 7 nitrogen and oxygen atoms in total. The molecule has 0 amide bonds. The van der Waals surface area contributed by atoms with Crippen LogP contribution in [0.3, 0.4) is 0 Å². The minimum atomic E-state index is -1.17. The average Bonchev–Trinajstić information content (AvgIpc) is 2.68. The molecule has 0 heterocycles. The number of unbranched alkanes of at least 4 members (excludes halogenated alkanes) is 13. The number of rotatable bonds is 23. The van der Waals surface area contributed by atoms with Gasteiger partial charge in [0.15, 0.2) is 19.6 Å². The fourth-order valence-electron chi connectivity index (χ4n) is 4.20. The molecule has 0 bridgehead atoms. The number of carbonyl (C=O) groups is 3. The van der Waals surface area contributed by atoms with Crippen LogP contribution in [-0.4, -0.2) is 63.9 Å². The second-order valence-corrected chi connectivity index (χ2v) is 8.99. The van der Waals surface area contributed by atoms with Crippen molar-refractivity contribution in [2.45, 2.75) is 103 Å². The largest absolute Gasteiger partial charge is 0.477 e. The zero-order chi connectivity index (χ0) is 24.1. The summed E-state index contributed by atoms with van der Waals surface area (Å²) in [5.41, 5.74) is 0. The van der Waals surface area contributed by atoms with Gasteiger partial charge in [-0.2, -0.15) is 0 Å². The fraction of sp³-hybridized carbons (Fsp3) is 0.800. The van der Waals surface area contributed by atoms with E-state index >= 15 is 0 Å². The highest BCUT2D eigenvalue weighted by Gasteiger charge is 2.35. The Kier molecular flexibility index (Phi) is 18.6. The first-order valence-electron chi connectivity index (χ1n) is 12.5. The first kappa shape index (κ1) is 30.1. The Balaban J connectivity index is 3.80. The Bertz CT molecular complexity index is 506. The lowest BCUT2D eigenvalue weighted by Crippen LogP contribution is -2.57. The van der Waals surface area contributed by atoms with E-state index in [4.69, 9.17) is 15.3 Å². The zero-order valence-corrected chi connectivity index (χ0v) is 20.1. The Hall–Kier alpha value is -1.89. The number of carboxylic acids is 3. The van der Waals surface area contributed by atoms with Crippen molar-refractivity contribution in [1.29, 1.82) is 0 Å². The summed E-state index contributed by atoms with van der Waals surface area (Å²) < 4.78 is -0.435. The van der Waals surface area contributed by atoms with Gasteiger partial charge in [-0.05, 0) is 32.1 Å². The first-order valence-corrected chi connectivity index (χ1v) is 12.5. The van der Waals surface area contributed by atoms with Gasteiger partial charge in [-0.15, -0.1) is 0 Å². The predicted octanol–water partition coefficient (Wildman–Crippen LogP) is 5.48.